The Morgan fingerprint density at radius 2 is 1.93 bits per heavy atom. The van der Waals surface area contributed by atoms with E-state index < -0.39 is 10.0 Å². The molecule has 148 valence electrons. The number of hydrogen-bond acceptors (Lipinski definition) is 6. The zero-order chi connectivity index (χ0) is 20.1. The van der Waals surface area contributed by atoms with E-state index in [1.807, 2.05) is 30.3 Å². The Morgan fingerprint density at radius 1 is 1.18 bits per heavy atom. The van der Waals surface area contributed by atoms with Crippen LogP contribution < -0.4 is 10.2 Å². The minimum atomic E-state index is -3.60. The van der Waals surface area contributed by atoms with Gasteiger partial charge in [0.1, 0.15) is 11.0 Å². The minimum absolute atomic E-state index is 0.0875. The summed E-state index contributed by atoms with van der Waals surface area (Å²) >= 11 is 0. The summed E-state index contributed by atoms with van der Waals surface area (Å²) in [7, 11) is -0.704. The highest BCUT2D eigenvalue weighted by molar-refractivity contribution is 7.89. The van der Waals surface area contributed by atoms with E-state index in [2.05, 4.69) is 15.6 Å². The van der Waals surface area contributed by atoms with Gasteiger partial charge in [-0.2, -0.15) is 0 Å². The molecule has 0 saturated carbocycles. The lowest BCUT2D eigenvalue weighted by Gasteiger charge is -2.11. The lowest BCUT2D eigenvalue weighted by atomic mass is 10.1. The van der Waals surface area contributed by atoms with Crippen molar-refractivity contribution in [2.75, 3.05) is 27.2 Å². The highest BCUT2D eigenvalue weighted by Gasteiger charge is 2.19. The second-order valence-corrected chi connectivity index (χ2v) is 8.41. The number of benzene rings is 2. The van der Waals surface area contributed by atoms with Crippen molar-refractivity contribution in [1.29, 1.82) is 0 Å². The van der Waals surface area contributed by atoms with Crippen LogP contribution in [0.5, 0.6) is 0 Å². The van der Waals surface area contributed by atoms with Gasteiger partial charge in [-0.15, -0.1) is 5.10 Å². The summed E-state index contributed by atoms with van der Waals surface area (Å²) in [6.07, 6.45) is 0.713. The maximum Gasteiger partial charge on any atom is 0.260 e. The molecule has 2 aromatic carbocycles. The first-order valence-electron chi connectivity index (χ1n) is 8.60. The first-order chi connectivity index (χ1) is 13.4. The van der Waals surface area contributed by atoms with E-state index in [1.54, 1.807) is 6.07 Å². The summed E-state index contributed by atoms with van der Waals surface area (Å²) in [5.74, 6) is -0.309. The monoisotopic (exact) mass is 403 g/mol. The molecule has 0 spiro atoms. The Bertz CT molecular complexity index is 1060. The average Bonchev–Trinajstić information content (AvgIpc) is 3.09. The van der Waals surface area contributed by atoms with Crippen LogP contribution in [0, 0.1) is 0 Å². The molecule has 1 heterocycles. The van der Waals surface area contributed by atoms with Crippen LogP contribution in [0.15, 0.2) is 53.4 Å². The predicted molar refractivity (Wildman–Crippen MR) is 103 cm³/mol. The van der Waals surface area contributed by atoms with E-state index in [-0.39, 0.29) is 17.4 Å². The molecule has 0 radical (unpaired) electrons. The van der Waals surface area contributed by atoms with E-state index in [0.717, 1.165) is 14.7 Å². The van der Waals surface area contributed by atoms with Gasteiger partial charge in [0, 0.05) is 20.6 Å². The fraction of sp³-hybridized carbons (Fsp3) is 0.278. The van der Waals surface area contributed by atoms with Gasteiger partial charge in [-0.25, -0.2) is 12.7 Å². The number of fused-ring (bicyclic) bond motifs is 1. The first kappa shape index (κ1) is 19.8. The summed E-state index contributed by atoms with van der Waals surface area (Å²) in [4.78, 5) is 18.5. The van der Waals surface area contributed by atoms with Crippen molar-refractivity contribution in [2.24, 2.45) is 0 Å². The first-order valence-corrected chi connectivity index (χ1v) is 10.0. The molecule has 1 N–H and O–H groups in total. The Labute approximate surface area is 162 Å². The molecule has 0 unspecified atom stereocenters. The smallest absolute Gasteiger partial charge is 0.260 e. The zero-order valence-corrected chi connectivity index (χ0v) is 16.4. The topological polar surface area (TPSA) is 106 Å². The molecule has 0 aliphatic rings. The highest BCUT2D eigenvalue weighted by atomic mass is 32.2. The van der Waals surface area contributed by atoms with Crippen LogP contribution in [-0.2, 0) is 21.2 Å². The van der Waals surface area contributed by atoms with Crippen LogP contribution in [-0.4, -0.2) is 61.0 Å². The minimum Gasteiger partial charge on any atom is -0.385 e. The van der Waals surface area contributed by atoms with Gasteiger partial charge < -0.3 is 10.2 Å². The van der Waals surface area contributed by atoms with E-state index in [4.69, 9.17) is 4.84 Å². The molecular formula is C18H21N5O4S. The van der Waals surface area contributed by atoms with Crippen LogP contribution in [0.3, 0.4) is 0 Å². The predicted octanol–water partition coefficient (Wildman–Crippen LogP) is 0.469. The number of nitrogens with zero attached hydrogens (tertiary/aromatic N) is 4. The second kappa shape index (κ2) is 8.36. The summed E-state index contributed by atoms with van der Waals surface area (Å²) in [5.41, 5.74) is 1.95. The molecule has 3 rings (SSSR count). The van der Waals surface area contributed by atoms with Gasteiger partial charge in [-0.05, 0) is 35.4 Å². The van der Waals surface area contributed by atoms with E-state index in [9.17, 15) is 13.2 Å². The molecule has 0 fully saturated rings. The number of sulfonamides is 1. The Morgan fingerprint density at radius 3 is 2.64 bits per heavy atom. The SMILES string of the molecule is CN(C)S(=O)(=O)c1ccc2nnn(OCC(=O)NCCc3ccccc3)c2c1. The van der Waals surface area contributed by atoms with Gasteiger partial charge >= 0.3 is 0 Å². The Kier molecular flexibility index (Phi) is 5.90. The fourth-order valence-electron chi connectivity index (χ4n) is 2.51. The van der Waals surface area contributed by atoms with Gasteiger partial charge in [0.25, 0.3) is 5.91 Å². The third-order valence-corrected chi connectivity index (χ3v) is 5.87. The molecule has 9 nitrogen and oxygen atoms in total. The number of carbonyl (C=O) groups is 1. The normalized spacial score (nSPS) is 11.7. The van der Waals surface area contributed by atoms with Gasteiger partial charge in [0.2, 0.25) is 10.0 Å². The summed E-state index contributed by atoms with van der Waals surface area (Å²) in [6, 6.07) is 14.2. The Balaban J connectivity index is 1.61. The fourth-order valence-corrected chi connectivity index (χ4v) is 3.43. The van der Waals surface area contributed by atoms with Crippen molar-refractivity contribution in [1.82, 2.24) is 24.8 Å². The molecule has 0 aliphatic carbocycles. The lowest BCUT2D eigenvalue weighted by Crippen LogP contribution is -2.33. The average molecular weight is 403 g/mol. The molecular weight excluding hydrogens is 382 g/mol. The van der Waals surface area contributed by atoms with Crippen LogP contribution in [0.2, 0.25) is 0 Å². The van der Waals surface area contributed by atoms with E-state index in [1.165, 1.54) is 26.2 Å². The number of carbonyl (C=O) groups excluding carboxylic acids is 1. The molecule has 3 aromatic rings. The highest BCUT2D eigenvalue weighted by Crippen LogP contribution is 2.18. The van der Waals surface area contributed by atoms with Gasteiger partial charge in [-0.1, -0.05) is 35.2 Å². The Hall–Kier alpha value is -2.98. The molecule has 28 heavy (non-hydrogen) atoms. The zero-order valence-electron chi connectivity index (χ0n) is 15.6. The number of hydrogen-bond donors (Lipinski definition) is 1. The standard InChI is InChI=1S/C18H21N5O4S/c1-22(2)28(25,26)15-8-9-16-17(12-15)23(21-20-16)27-13-18(24)19-11-10-14-6-4-3-5-7-14/h3-9,12H,10-11,13H2,1-2H3,(H,19,24). The summed E-state index contributed by atoms with van der Waals surface area (Å²) in [6.45, 7) is 0.216. The van der Waals surface area contributed by atoms with Gasteiger partial charge in [-0.3, -0.25) is 4.79 Å². The summed E-state index contributed by atoms with van der Waals surface area (Å²) < 4.78 is 25.7. The van der Waals surface area contributed by atoms with Crippen molar-refractivity contribution < 1.29 is 18.0 Å². The molecule has 10 heteroatoms. The largest absolute Gasteiger partial charge is 0.385 e. The molecule has 0 saturated heterocycles. The van der Waals surface area contributed by atoms with Crippen LogP contribution in [0.4, 0.5) is 0 Å². The van der Waals surface area contributed by atoms with Crippen LogP contribution >= 0.6 is 0 Å². The van der Waals surface area contributed by atoms with Crippen molar-refractivity contribution >= 4 is 27.0 Å². The molecule has 0 bridgehead atoms. The molecule has 1 aromatic heterocycles. The van der Waals surface area contributed by atoms with Gasteiger partial charge in [0.05, 0.1) is 4.90 Å². The lowest BCUT2D eigenvalue weighted by molar-refractivity contribution is -0.126. The molecule has 0 atom stereocenters. The van der Waals surface area contributed by atoms with Crippen molar-refractivity contribution in [3.05, 3.63) is 54.1 Å². The third kappa shape index (κ3) is 4.46. The number of aromatic nitrogens is 3. The van der Waals surface area contributed by atoms with E-state index in [0.29, 0.717) is 24.0 Å². The van der Waals surface area contributed by atoms with Crippen LogP contribution in [0.25, 0.3) is 11.0 Å². The van der Waals surface area contributed by atoms with Crippen molar-refractivity contribution in [3.63, 3.8) is 0 Å². The number of amides is 1. The maximum absolute atomic E-state index is 12.3. The second-order valence-electron chi connectivity index (χ2n) is 6.26. The van der Waals surface area contributed by atoms with E-state index >= 15 is 0 Å². The summed E-state index contributed by atoms with van der Waals surface area (Å²) in [5, 5.41) is 10.5. The van der Waals surface area contributed by atoms with Crippen molar-refractivity contribution in [3.8, 4) is 0 Å². The molecule has 1 amide bonds. The molecule has 0 aliphatic heterocycles. The quantitative estimate of drug-likeness (QED) is 0.586. The maximum atomic E-state index is 12.3. The number of rotatable bonds is 8. The van der Waals surface area contributed by atoms with Crippen LogP contribution in [0.1, 0.15) is 5.56 Å². The number of nitrogens with one attached hydrogen (secondary N) is 1. The third-order valence-electron chi connectivity index (χ3n) is 4.06. The van der Waals surface area contributed by atoms with Crippen molar-refractivity contribution in [2.45, 2.75) is 11.3 Å². The van der Waals surface area contributed by atoms with Gasteiger partial charge in [0.15, 0.2) is 6.61 Å².